The molecule has 0 aromatic heterocycles. The maximum atomic E-state index is 12.7. The predicted octanol–water partition coefficient (Wildman–Crippen LogP) is 3.45. The molecule has 0 unspecified atom stereocenters. The summed E-state index contributed by atoms with van der Waals surface area (Å²) in [6, 6.07) is 15.9. The zero-order valence-electron chi connectivity index (χ0n) is 16.9. The summed E-state index contributed by atoms with van der Waals surface area (Å²) in [6.07, 6.45) is 1.72. The fourth-order valence-corrected chi connectivity index (χ4v) is 3.53. The number of allylic oxidation sites excluding steroid dienone is 1. The van der Waals surface area contributed by atoms with Crippen LogP contribution in [0, 0.1) is 0 Å². The van der Waals surface area contributed by atoms with Crippen molar-refractivity contribution in [3.63, 3.8) is 0 Å². The van der Waals surface area contributed by atoms with Crippen LogP contribution in [0.5, 0.6) is 11.5 Å². The van der Waals surface area contributed by atoms with Crippen LogP contribution in [0.4, 0.5) is 0 Å². The molecular formula is C23H28N2O3. The van der Waals surface area contributed by atoms with Crippen molar-refractivity contribution >= 4 is 11.5 Å². The predicted molar refractivity (Wildman–Crippen MR) is 111 cm³/mol. The lowest BCUT2D eigenvalue weighted by molar-refractivity contribution is -0.127. The van der Waals surface area contributed by atoms with E-state index in [-0.39, 0.29) is 5.91 Å². The minimum Gasteiger partial charge on any atom is -0.496 e. The van der Waals surface area contributed by atoms with Crippen molar-refractivity contribution in [2.24, 2.45) is 0 Å². The second-order valence-electron chi connectivity index (χ2n) is 6.94. The Kier molecular flexibility index (Phi) is 6.71. The highest BCUT2D eigenvalue weighted by Crippen LogP contribution is 2.25. The van der Waals surface area contributed by atoms with Gasteiger partial charge in [-0.3, -0.25) is 9.69 Å². The molecule has 148 valence electrons. The largest absolute Gasteiger partial charge is 0.496 e. The summed E-state index contributed by atoms with van der Waals surface area (Å²) in [5.74, 6) is 1.75. The molecule has 1 aliphatic rings. The normalized spacial score (nSPS) is 15.4. The summed E-state index contributed by atoms with van der Waals surface area (Å²) < 4.78 is 10.8. The number of piperazine rings is 1. The van der Waals surface area contributed by atoms with Gasteiger partial charge >= 0.3 is 0 Å². The first-order chi connectivity index (χ1) is 13.6. The first-order valence-corrected chi connectivity index (χ1v) is 9.57. The Hall–Kier alpha value is -2.79. The van der Waals surface area contributed by atoms with Crippen LogP contribution in [-0.4, -0.2) is 56.1 Å². The minimum atomic E-state index is 0.0559. The molecule has 2 aromatic rings. The summed E-state index contributed by atoms with van der Waals surface area (Å²) in [5, 5.41) is 0. The number of para-hydroxylation sites is 2. The number of hydrogen-bond acceptors (Lipinski definition) is 4. The fraction of sp³-hybridized carbons (Fsp3) is 0.348. The highest BCUT2D eigenvalue weighted by molar-refractivity contribution is 5.95. The zero-order chi connectivity index (χ0) is 19.9. The van der Waals surface area contributed by atoms with Gasteiger partial charge in [-0.25, -0.2) is 0 Å². The van der Waals surface area contributed by atoms with E-state index in [0.717, 1.165) is 55.4 Å². The standard InChI is InChI=1S/C23H28N2O3/c1-18(20-9-5-7-11-22(20)28-3)16-23(26)25-14-12-24(13-15-25)17-19-8-4-6-10-21(19)27-2/h4-11,16H,12-15,17H2,1-3H3/b18-16-. The van der Waals surface area contributed by atoms with E-state index in [2.05, 4.69) is 11.0 Å². The van der Waals surface area contributed by atoms with E-state index in [9.17, 15) is 4.79 Å². The Balaban J connectivity index is 1.59. The number of nitrogens with zero attached hydrogens (tertiary/aromatic N) is 2. The van der Waals surface area contributed by atoms with E-state index in [1.54, 1.807) is 20.3 Å². The quantitative estimate of drug-likeness (QED) is 0.720. The molecule has 0 spiro atoms. The van der Waals surface area contributed by atoms with Crippen molar-refractivity contribution in [1.29, 1.82) is 0 Å². The van der Waals surface area contributed by atoms with Crippen LogP contribution in [0.15, 0.2) is 54.6 Å². The van der Waals surface area contributed by atoms with Gasteiger partial charge in [-0.2, -0.15) is 0 Å². The van der Waals surface area contributed by atoms with Crippen LogP contribution in [-0.2, 0) is 11.3 Å². The molecule has 1 aliphatic heterocycles. The lowest BCUT2D eigenvalue weighted by atomic mass is 10.1. The van der Waals surface area contributed by atoms with Crippen LogP contribution in [0.2, 0.25) is 0 Å². The summed E-state index contributed by atoms with van der Waals surface area (Å²) >= 11 is 0. The highest BCUT2D eigenvalue weighted by atomic mass is 16.5. The smallest absolute Gasteiger partial charge is 0.246 e. The van der Waals surface area contributed by atoms with E-state index in [4.69, 9.17) is 9.47 Å². The first kappa shape index (κ1) is 20.0. The molecule has 2 aromatic carbocycles. The molecule has 0 N–H and O–H groups in total. The second kappa shape index (κ2) is 9.42. The van der Waals surface area contributed by atoms with Crippen LogP contribution >= 0.6 is 0 Å². The van der Waals surface area contributed by atoms with Crippen LogP contribution in [0.1, 0.15) is 18.1 Å². The van der Waals surface area contributed by atoms with Gasteiger partial charge < -0.3 is 14.4 Å². The van der Waals surface area contributed by atoms with Gasteiger partial charge in [0.25, 0.3) is 0 Å². The Morgan fingerprint density at radius 1 is 0.929 bits per heavy atom. The number of hydrogen-bond donors (Lipinski definition) is 0. The average Bonchev–Trinajstić information content (AvgIpc) is 2.74. The van der Waals surface area contributed by atoms with Crippen LogP contribution in [0.25, 0.3) is 5.57 Å². The third kappa shape index (κ3) is 4.73. The first-order valence-electron chi connectivity index (χ1n) is 9.57. The summed E-state index contributed by atoms with van der Waals surface area (Å²) in [6.45, 7) is 5.94. The van der Waals surface area contributed by atoms with Gasteiger partial charge in [-0.1, -0.05) is 36.4 Å². The number of ether oxygens (including phenoxy) is 2. The zero-order valence-corrected chi connectivity index (χ0v) is 16.9. The third-order valence-electron chi connectivity index (χ3n) is 5.14. The molecule has 28 heavy (non-hydrogen) atoms. The molecule has 0 aliphatic carbocycles. The van der Waals surface area contributed by atoms with E-state index >= 15 is 0 Å². The van der Waals surface area contributed by atoms with E-state index in [0.29, 0.717) is 0 Å². The van der Waals surface area contributed by atoms with Gasteiger partial charge in [-0.05, 0) is 24.6 Å². The number of benzene rings is 2. The van der Waals surface area contributed by atoms with Crippen LogP contribution < -0.4 is 9.47 Å². The van der Waals surface area contributed by atoms with Gasteiger partial charge in [0.05, 0.1) is 14.2 Å². The molecule has 0 saturated carbocycles. The van der Waals surface area contributed by atoms with Gasteiger partial charge in [0.1, 0.15) is 11.5 Å². The molecule has 1 heterocycles. The van der Waals surface area contributed by atoms with Crippen molar-refractivity contribution in [1.82, 2.24) is 9.80 Å². The lowest BCUT2D eigenvalue weighted by Gasteiger charge is -2.34. The van der Waals surface area contributed by atoms with Crippen LogP contribution in [0.3, 0.4) is 0 Å². The summed E-state index contributed by atoms with van der Waals surface area (Å²) in [5.41, 5.74) is 3.05. The molecule has 5 nitrogen and oxygen atoms in total. The monoisotopic (exact) mass is 380 g/mol. The molecule has 0 radical (unpaired) electrons. The summed E-state index contributed by atoms with van der Waals surface area (Å²) in [7, 11) is 3.35. The molecule has 1 amide bonds. The van der Waals surface area contributed by atoms with Crippen molar-refractivity contribution in [3.8, 4) is 11.5 Å². The maximum Gasteiger partial charge on any atom is 0.246 e. The number of carbonyl (C=O) groups excluding carboxylic acids is 1. The Labute approximate surface area is 167 Å². The number of rotatable bonds is 6. The summed E-state index contributed by atoms with van der Waals surface area (Å²) in [4.78, 5) is 17.0. The maximum absolute atomic E-state index is 12.7. The molecule has 3 rings (SSSR count). The van der Waals surface area contributed by atoms with Crippen molar-refractivity contribution in [2.45, 2.75) is 13.5 Å². The van der Waals surface area contributed by atoms with Gasteiger partial charge in [0.15, 0.2) is 0 Å². The Morgan fingerprint density at radius 3 is 2.21 bits per heavy atom. The number of methoxy groups -OCH3 is 2. The van der Waals surface area contributed by atoms with E-state index in [1.807, 2.05) is 54.3 Å². The fourth-order valence-electron chi connectivity index (χ4n) is 3.53. The molecule has 0 atom stereocenters. The van der Waals surface area contributed by atoms with Gasteiger partial charge in [0.2, 0.25) is 5.91 Å². The van der Waals surface area contributed by atoms with Gasteiger partial charge in [-0.15, -0.1) is 0 Å². The second-order valence-corrected chi connectivity index (χ2v) is 6.94. The molecule has 1 saturated heterocycles. The topological polar surface area (TPSA) is 42.0 Å². The van der Waals surface area contributed by atoms with Crippen molar-refractivity contribution in [3.05, 3.63) is 65.7 Å². The van der Waals surface area contributed by atoms with Crippen molar-refractivity contribution in [2.75, 3.05) is 40.4 Å². The number of amides is 1. The Morgan fingerprint density at radius 2 is 1.54 bits per heavy atom. The third-order valence-corrected chi connectivity index (χ3v) is 5.14. The molecule has 1 fully saturated rings. The lowest BCUT2D eigenvalue weighted by Crippen LogP contribution is -2.47. The molecule has 0 bridgehead atoms. The Bertz CT molecular complexity index is 839. The minimum absolute atomic E-state index is 0.0559. The van der Waals surface area contributed by atoms with E-state index < -0.39 is 0 Å². The molecular weight excluding hydrogens is 352 g/mol. The van der Waals surface area contributed by atoms with Gasteiger partial charge in [0, 0.05) is 49.9 Å². The van der Waals surface area contributed by atoms with E-state index in [1.165, 1.54) is 5.56 Å². The number of carbonyl (C=O) groups is 1. The average molecular weight is 380 g/mol. The molecule has 5 heteroatoms. The SMILES string of the molecule is COc1ccccc1CN1CCN(C(=O)/C=C(/C)c2ccccc2OC)CC1. The highest BCUT2D eigenvalue weighted by Gasteiger charge is 2.21. The van der Waals surface area contributed by atoms with Crippen molar-refractivity contribution < 1.29 is 14.3 Å².